The Morgan fingerprint density at radius 1 is 1.04 bits per heavy atom. The van der Waals surface area contributed by atoms with E-state index in [9.17, 15) is 4.79 Å². The summed E-state index contributed by atoms with van der Waals surface area (Å²) in [4.78, 5) is 12.7. The predicted octanol–water partition coefficient (Wildman–Crippen LogP) is 3.92. The summed E-state index contributed by atoms with van der Waals surface area (Å²) in [7, 11) is 0. The van der Waals surface area contributed by atoms with Gasteiger partial charge in [0.15, 0.2) is 5.65 Å². The van der Waals surface area contributed by atoms with E-state index in [2.05, 4.69) is 20.6 Å². The second-order valence-corrected chi connectivity index (χ2v) is 6.29. The number of benzene rings is 2. The highest BCUT2D eigenvalue weighted by Gasteiger charge is 2.18. The third-order valence-corrected chi connectivity index (χ3v) is 4.54. The van der Waals surface area contributed by atoms with Gasteiger partial charge in [0.25, 0.3) is 0 Å². The number of aromatic nitrogens is 4. The number of carbonyl (C=O) groups is 1. The van der Waals surface area contributed by atoms with Gasteiger partial charge in [0.1, 0.15) is 6.33 Å². The number of nitrogens with one attached hydrogen (secondary N) is 1. The molecule has 4 rings (SSSR count). The lowest BCUT2D eigenvalue weighted by Gasteiger charge is -2.15. The van der Waals surface area contributed by atoms with E-state index in [1.807, 2.05) is 73.7 Å². The Morgan fingerprint density at radius 2 is 1.81 bits per heavy atom. The number of nitrogens with zero attached hydrogens (tertiary/aromatic N) is 4. The lowest BCUT2D eigenvalue weighted by molar-refractivity contribution is -0.117. The SMILES string of the molecule is CC[C@H](C(=O)Nc1ccc(-c2ccc3nncn3n2)cc1)c1ccccc1. The Hall–Kier alpha value is -3.54. The third kappa shape index (κ3) is 3.55. The van der Waals surface area contributed by atoms with Gasteiger partial charge in [-0.2, -0.15) is 9.61 Å². The summed E-state index contributed by atoms with van der Waals surface area (Å²) in [5.74, 6) is -0.163. The lowest BCUT2D eigenvalue weighted by atomic mass is 9.95. The highest BCUT2D eigenvalue weighted by molar-refractivity contribution is 5.96. The van der Waals surface area contributed by atoms with Crippen LogP contribution < -0.4 is 5.32 Å². The molecule has 0 aliphatic rings. The van der Waals surface area contributed by atoms with Crippen LogP contribution in [0.25, 0.3) is 16.9 Å². The average Bonchev–Trinajstić information content (AvgIpc) is 3.18. The third-order valence-electron chi connectivity index (χ3n) is 4.54. The summed E-state index contributed by atoms with van der Waals surface area (Å²) >= 11 is 0. The van der Waals surface area contributed by atoms with E-state index >= 15 is 0 Å². The van der Waals surface area contributed by atoms with E-state index in [0.29, 0.717) is 5.65 Å². The summed E-state index contributed by atoms with van der Waals surface area (Å²) in [6, 6.07) is 21.3. The molecule has 1 N–H and O–H groups in total. The molecule has 0 saturated carbocycles. The standard InChI is InChI=1S/C21H19N5O/c1-2-18(15-6-4-3-5-7-15)21(27)23-17-10-8-16(9-11-17)19-12-13-20-24-22-14-26(20)25-19/h3-14,18H,2H2,1H3,(H,23,27)/t18-/m0/s1. The number of amides is 1. The van der Waals surface area contributed by atoms with Crippen molar-refractivity contribution < 1.29 is 4.79 Å². The van der Waals surface area contributed by atoms with Crippen LogP contribution in [0.5, 0.6) is 0 Å². The topological polar surface area (TPSA) is 72.2 Å². The van der Waals surface area contributed by atoms with E-state index in [1.54, 1.807) is 10.8 Å². The molecule has 6 heteroatoms. The first kappa shape index (κ1) is 16.9. The molecule has 0 saturated heterocycles. The van der Waals surface area contributed by atoms with Crippen molar-refractivity contribution in [2.45, 2.75) is 19.3 Å². The van der Waals surface area contributed by atoms with E-state index in [-0.39, 0.29) is 11.8 Å². The molecule has 0 aliphatic heterocycles. The zero-order valence-electron chi connectivity index (χ0n) is 14.9. The van der Waals surface area contributed by atoms with Crippen LogP contribution in [0, 0.1) is 0 Å². The maximum atomic E-state index is 12.7. The van der Waals surface area contributed by atoms with Crippen LogP contribution in [0.2, 0.25) is 0 Å². The van der Waals surface area contributed by atoms with Gasteiger partial charge in [-0.05, 0) is 36.2 Å². The summed E-state index contributed by atoms with van der Waals surface area (Å²) < 4.78 is 1.64. The van der Waals surface area contributed by atoms with Gasteiger partial charge in [-0.3, -0.25) is 4.79 Å². The number of hydrogen-bond acceptors (Lipinski definition) is 4. The van der Waals surface area contributed by atoms with Crippen LogP contribution in [0.15, 0.2) is 73.1 Å². The molecule has 0 spiro atoms. The molecule has 0 aliphatic carbocycles. The summed E-state index contributed by atoms with van der Waals surface area (Å²) in [6.07, 6.45) is 2.32. The van der Waals surface area contributed by atoms with Gasteiger partial charge in [0, 0.05) is 11.3 Å². The predicted molar refractivity (Wildman–Crippen MR) is 104 cm³/mol. The summed E-state index contributed by atoms with van der Waals surface area (Å²) in [5.41, 5.74) is 4.27. The van der Waals surface area contributed by atoms with Crippen LogP contribution >= 0.6 is 0 Å². The molecule has 2 aromatic carbocycles. The minimum atomic E-state index is -0.163. The number of rotatable bonds is 5. The quantitative estimate of drug-likeness (QED) is 0.587. The van der Waals surface area contributed by atoms with Crippen molar-refractivity contribution in [3.63, 3.8) is 0 Å². The molecule has 1 atom stereocenters. The molecule has 4 aromatic rings. The lowest BCUT2D eigenvalue weighted by Crippen LogP contribution is -2.20. The fraction of sp³-hybridized carbons (Fsp3) is 0.143. The Morgan fingerprint density at radius 3 is 2.56 bits per heavy atom. The second kappa shape index (κ2) is 7.37. The van der Waals surface area contributed by atoms with Gasteiger partial charge in [0.05, 0.1) is 11.6 Å². The molecule has 1 amide bonds. The molecule has 6 nitrogen and oxygen atoms in total. The average molecular weight is 357 g/mol. The van der Waals surface area contributed by atoms with Crippen LogP contribution in [0.1, 0.15) is 24.8 Å². The molecular formula is C21H19N5O. The second-order valence-electron chi connectivity index (χ2n) is 6.29. The minimum absolute atomic E-state index is 0.000449. The molecule has 2 heterocycles. The summed E-state index contributed by atoms with van der Waals surface area (Å²) in [6.45, 7) is 2.02. The zero-order chi connectivity index (χ0) is 18.6. The van der Waals surface area contributed by atoms with Gasteiger partial charge >= 0.3 is 0 Å². The van der Waals surface area contributed by atoms with Crippen molar-refractivity contribution >= 4 is 17.2 Å². The number of carbonyl (C=O) groups excluding carboxylic acids is 1. The molecule has 2 aromatic heterocycles. The van der Waals surface area contributed by atoms with Gasteiger partial charge in [0.2, 0.25) is 5.91 Å². The Kier molecular flexibility index (Phi) is 4.61. The van der Waals surface area contributed by atoms with Crippen molar-refractivity contribution in [1.82, 2.24) is 19.8 Å². The Labute approximate surface area is 156 Å². The number of hydrogen-bond donors (Lipinski definition) is 1. The fourth-order valence-electron chi connectivity index (χ4n) is 3.09. The monoisotopic (exact) mass is 357 g/mol. The first-order chi connectivity index (χ1) is 13.2. The molecule has 0 fully saturated rings. The van der Waals surface area contributed by atoms with Crippen LogP contribution in [0.3, 0.4) is 0 Å². The smallest absolute Gasteiger partial charge is 0.231 e. The molecule has 134 valence electrons. The summed E-state index contributed by atoms with van der Waals surface area (Å²) in [5, 5.41) is 15.3. The van der Waals surface area contributed by atoms with Crippen LogP contribution in [-0.2, 0) is 4.79 Å². The van der Waals surface area contributed by atoms with Crippen LogP contribution in [-0.4, -0.2) is 25.7 Å². The van der Waals surface area contributed by atoms with E-state index in [0.717, 1.165) is 28.9 Å². The first-order valence-corrected chi connectivity index (χ1v) is 8.88. The molecule has 0 radical (unpaired) electrons. The van der Waals surface area contributed by atoms with Crippen LogP contribution in [0.4, 0.5) is 5.69 Å². The van der Waals surface area contributed by atoms with Gasteiger partial charge in [-0.25, -0.2) is 0 Å². The highest BCUT2D eigenvalue weighted by atomic mass is 16.1. The van der Waals surface area contributed by atoms with Crippen molar-refractivity contribution in [1.29, 1.82) is 0 Å². The first-order valence-electron chi connectivity index (χ1n) is 8.88. The fourth-order valence-corrected chi connectivity index (χ4v) is 3.09. The molecular weight excluding hydrogens is 338 g/mol. The van der Waals surface area contributed by atoms with Gasteiger partial charge in [-0.1, -0.05) is 49.4 Å². The van der Waals surface area contributed by atoms with E-state index < -0.39 is 0 Å². The highest BCUT2D eigenvalue weighted by Crippen LogP contribution is 2.23. The normalized spacial score (nSPS) is 12.0. The largest absolute Gasteiger partial charge is 0.326 e. The van der Waals surface area contributed by atoms with E-state index in [1.165, 1.54) is 0 Å². The van der Waals surface area contributed by atoms with Crippen molar-refractivity contribution in [2.75, 3.05) is 5.32 Å². The van der Waals surface area contributed by atoms with E-state index in [4.69, 9.17) is 0 Å². The zero-order valence-corrected chi connectivity index (χ0v) is 14.9. The van der Waals surface area contributed by atoms with Crippen molar-refractivity contribution in [3.05, 3.63) is 78.6 Å². The van der Waals surface area contributed by atoms with Gasteiger partial charge < -0.3 is 5.32 Å². The maximum Gasteiger partial charge on any atom is 0.231 e. The van der Waals surface area contributed by atoms with Crippen molar-refractivity contribution in [3.8, 4) is 11.3 Å². The molecule has 0 unspecified atom stereocenters. The van der Waals surface area contributed by atoms with Gasteiger partial charge in [-0.15, -0.1) is 10.2 Å². The Balaban J connectivity index is 1.51. The Bertz CT molecular complexity index is 1060. The maximum absolute atomic E-state index is 12.7. The molecule has 27 heavy (non-hydrogen) atoms. The number of anilines is 1. The number of fused-ring (bicyclic) bond motifs is 1. The molecule has 0 bridgehead atoms. The van der Waals surface area contributed by atoms with Crippen molar-refractivity contribution in [2.24, 2.45) is 0 Å². The minimum Gasteiger partial charge on any atom is -0.326 e.